The van der Waals surface area contributed by atoms with E-state index in [0.717, 1.165) is 0 Å². The molecule has 2 radical (unpaired) electrons. The fraction of sp³-hybridized carbons (Fsp3) is 0.0833. The molecule has 3 heteroatoms. The average molecular weight is 524 g/mol. The maximum atomic E-state index is 2.43. The van der Waals surface area contributed by atoms with Crippen LogP contribution in [0.1, 0.15) is 6.92 Å². The van der Waals surface area contributed by atoms with Crippen LogP contribution in [0.5, 0.6) is 0 Å². The monoisotopic (exact) mass is 526 g/mol. The van der Waals surface area contributed by atoms with Gasteiger partial charge < -0.3 is 0 Å². The largest absolute Gasteiger partial charge is 0.0767 e. The third-order valence-corrected chi connectivity index (χ3v) is 10.4. The minimum Gasteiger partial charge on any atom is -0.0767 e. The molecule has 2 aliphatic rings. The van der Waals surface area contributed by atoms with Crippen LogP contribution in [0.2, 0.25) is 3.21 Å². The third-order valence-electron chi connectivity index (χ3n) is 3.85. The van der Waals surface area contributed by atoms with E-state index in [1.165, 1.54) is 14.5 Å². The molecule has 0 aromatic heterocycles. The Balaban J connectivity index is 0.000000379. The fourth-order valence-corrected chi connectivity index (χ4v) is 9.39. The quantitative estimate of drug-likeness (QED) is 0.515. The van der Waals surface area contributed by atoms with Gasteiger partial charge in [0.05, 0.1) is 0 Å². The van der Waals surface area contributed by atoms with Crippen molar-refractivity contribution in [2.45, 2.75) is 10.1 Å². The summed E-state index contributed by atoms with van der Waals surface area (Å²) in [6.45, 7) is 2.43. The van der Waals surface area contributed by atoms with E-state index in [4.69, 9.17) is 0 Å². The summed E-state index contributed by atoms with van der Waals surface area (Å²) in [4.78, 5) is 0. The molecule has 0 atom stereocenters. The summed E-state index contributed by atoms with van der Waals surface area (Å²) in [6, 6.07) is 21.9. The van der Waals surface area contributed by atoms with Crippen LogP contribution in [0.4, 0.5) is 0 Å². The smallest absolute Gasteiger partial charge is 0.00506 e. The molecular weight excluding hydrogens is 502 g/mol. The Labute approximate surface area is 186 Å². The maximum Gasteiger partial charge on any atom is 0.00506 e. The molecule has 0 heterocycles. The van der Waals surface area contributed by atoms with Crippen LogP contribution in [0.3, 0.4) is 0 Å². The first-order valence-electron chi connectivity index (χ1n) is 8.63. The molecule has 2 aromatic rings. The summed E-state index contributed by atoms with van der Waals surface area (Å²) in [5.41, 5.74) is 1.48. The van der Waals surface area contributed by atoms with E-state index in [-0.39, 0.29) is 20.3 Å². The molecule has 0 saturated carbocycles. The molecule has 0 amide bonds. The predicted octanol–water partition coefficient (Wildman–Crippen LogP) is 4.20. The molecule has 0 unspecified atom stereocenters. The molecule has 27 heavy (non-hydrogen) atoms. The van der Waals surface area contributed by atoms with Gasteiger partial charge in [-0.05, 0) is 0 Å². The van der Waals surface area contributed by atoms with Crippen molar-refractivity contribution in [3.05, 3.63) is 122 Å². The van der Waals surface area contributed by atoms with Crippen molar-refractivity contribution < 1.29 is 17.1 Å². The number of hydrogen-bond donors (Lipinski definition) is 0. The summed E-state index contributed by atoms with van der Waals surface area (Å²) < 4.78 is 3.21. The first-order valence-corrected chi connectivity index (χ1v) is 12.1. The zero-order valence-electron chi connectivity index (χ0n) is 15.1. The summed E-state index contributed by atoms with van der Waals surface area (Å²) in [6.07, 6.45) is 18.9. The molecule has 138 valence electrons. The molecule has 2 aromatic carbocycles. The van der Waals surface area contributed by atoms with Crippen molar-refractivity contribution in [2.24, 2.45) is 0 Å². The van der Waals surface area contributed by atoms with Gasteiger partial charge in [0.25, 0.3) is 0 Å². The van der Waals surface area contributed by atoms with Crippen LogP contribution in [-0.4, -0.2) is 29.9 Å². The predicted molar refractivity (Wildman–Crippen MR) is 116 cm³/mol. The Bertz CT molecular complexity index is 753. The minimum atomic E-state index is 0. The van der Waals surface area contributed by atoms with Crippen LogP contribution in [0.25, 0.3) is 0 Å². The van der Waals surface area contributed by atoms with Gasteiger partial charge in [0.2, 0.25) is 0 Å². The van der Waals surface area contributed by atoms with Crippen LogP contribution < -0.4 is 8.92 Å². The second kappa shape index (κ2) is 11.7. The molecule has 0 saturated heterocycles. The van der Waals surface area contributed by atoms with Gasteiger partial charge in [-0.1, -0.05) is 24.3 Å². The first kappa shape index (κ1) is 22.2. The summed E-state index contributed by atoms with van der Waals surface area (Å²) in [5, 5.41) is 0. The Kier molecular flexibility index (Phi) is 9.66. The van der Waals surface area contributed by atoms with Crippen LogP contribution in [0.15, 0.2) is 109 Å². The molecule has 0 spiro atoms. The molecule has 4 rings (SSSR count). The van der Waals surface area contributed by atoms with E-state index in [2.05, 4.69) is 92.2 Å². The fourth-order valence-electron chi connectivity index (χ4n) is 2.56. The molecule has 2 aliphatic carbocycles. The maximum absolute atomic E-state index is 2.43. The van der Waals surface area contributed by atoms with Gasteiger partial charge in [-0.25, -0.2) is 0 Å². The first-order chi connectivity index (χ1) is 12.8. The summed E-state index contributed by atoms with van der Waals surface area (Å²) >= 11 is 0.858. The Morgan fingerprint density at radius 1 is 0.630 bits per heavy atom. The van der Waals surface area contributed by atoms with E-state index in [9.17, 15) is 0 Å². The molecule has 0 N–H and O–H groups in total. The van der Waals surface area contributed by atoms with E-state index < -0.39 is 0 Å². The van der Waals surface area contributed by atoms with Crippen molar-refractivity contribution in [2.75, 3.05) is 0 Å². The van der Waals surface area contributed by atoms with E-state index in [1.54, 1.807) is 0 Å². The van der Waals surface area contributed by atoms with Crippen molar-refractivity contribution in [1.29, 1.82) is 0 Å². The zero-order chi connectivity index (χ0) is 18.1. The SMILES string of the molecule is CC([Se]c1ccccc1)([Se]c1ccccc1)C1=C[CH]C=C1.[CH]1C=CC=C1.[Fe]. The van der Waals surface area contributed by atoms with Crippen molar-refractivity contribution in [1.82, 2.24) is 0 Å². The van der Waals surface area contributed by atoms with E-state index >= 15 is 0 Å². The van der Waals surface area contributed by atoms with Crippen LogP contribution in [-0.2, 0) is 17.1 Å². The van der Waals surface area contributed by atoms with Gasteiger partial charge in [-0.2, -0.15) is 0 Å². The Morgan fingerprint density at radius 2 is 1.15 bits per heavy atom. The van der Waals surface area contributed by atoms with Gasteiger partial charge in [0.15, 0.2) is 0 Å². The third kappa shape index (κ3) is 7.13. The molecule has 0 fully saturated rings. The zero-order valence-corrected chi connectivity index (χ0v) is 19.7. The Morgan fingerprint density at radius 3 is 1.52 bits per heavy atom. The van der Waals surface area contributed by atoms with Gasteiger partial charge in [0, 0.05) is 23.5 Å². The Hall–Kier alpha value is -1.04. The standard InChI is InChI=1S/C19H17Se2.C5H5.Fe/c1-19(16-10-8-9-11-16,20-17-12-4-2-5-13-17)21-18-14-6-3-7-15-18;1-2-4-5-3-1;/h2-15H,1H3;1-5H;. The van der Waals surface area contributed by atoms with E-state index in [1.807, 2.05) is 30.7 Å². The number of hydrogen-bond acceptors (Lipinski definition) is 0. The van der Waals surface area contributed by atoms with Gasteiger partial charge in [0.1, 0.15) is 0 Å². The van der Waals surface area contributed by atoms with Gasteiger partial charge in [-0.15, -0.1) is 0 Å². The van der Waals surface area contributed by atoms with Crippen LogP contribution >= 0.6 is 0 Å². The molecule has 0 nitrogen and oxygen atoms in total. The van der Waals surface area contributed by atoms with Crippen molar-refractivity contribution in [3.8, 4) is 0 Å². The summed E-state index contributed by atoms with van der Waals surface area (Å²) in [5.74, 6) is 0. The van der Waals surface area contributed by atoms with Crippen LogP contribution in [0, 0.1) is 12.8 Å². The molecular formula is C24H22FeSe2. The van der Waals surface area contributed by atoms with Gasteiger partial charge in [-0.3, -0.25) is 0 Å². The van der Waals surface area contributed by atoms with Crippen molar-refractivity contribution in [3.63, 3.8) is 0 Å². The molecule has 0 aliphatic heterocycles. The average Bonchev–Trinajstić information content (AvgIpc) is 3.40. The second-order valence-corrected chi connectivity index (χ2v) is 13.5. The molecule has 0 bridgehead atoms. The number of benzene rings is 2. The van der Waals surface area contributed by atoms with Gasteiger partial charge >= 0.3 is 140 Å². The normalized spacial score (nSPS) is 14.3. The topological polar surface area (TPSA) is 0 Å². The minimum absolute atomic E-state index is 0. The summed E-state index contributed by atoms with van der Waals surface area (Å²) in [7, 11) is 0. The second-order valence-electron chi connectivity index (χ2n) is 5.91. The van der Waals surface area contributed by atoms with E-state index in [0.29, 0.717) is 29.9 Å². The van der Waals surface area contributed by atoms with Crippen molar-refractivity contribution >= 4 is 38.8 Å². The number of allylic oxidation sites excluding steroid dienone is 8. The number of rotatable bonds is 5.